The van der Waals surface area contributed by atoms with Gasteiger partial charge in [-0.3, -0.25) is 4.79 Å². The fourth-order valence-electron chi connectivity index (χ4n) is 1.11. The van der Waals surface area contributed by atoms with Gasteiger partial charge in [-0.05, 0) is 19.3 Å². The molecule has 0 aliphatic heterocycles. The molecule has 0 spiro atoms. The van der Waals surface area contributed by atoms with Crippen molar-refractivity contribution in [2.45, 2.75) is 20.3 Å². The maximum atomic E-state index is 11.3. The Morgan fingerprint density at radius 3 is 2.50 bits per heavy atom. The minimum absolute atomic E-state index is 0.329. The highest BCUT2D eigenvalue weighted by Gasteiger charge is 2.40. The minimum Gasteiger partial charge on any atom is -0.346 e. The molecule has 1 saturated carbocycles. The third-order valence-electron chi connectivity index (χ3n) is 2.28. The van der Waals surface area contributed by atoms with Crippen molar-refractivity contribution in [3.8, 4) is 0 Å². The summed E-state index contributed by atoms with van der Waals surface area (Å²) in [5.74, 6) is 1.32. The van der Waals surface area contributed by atoms with Crippen molar-refractivity contribution in [3.05, 3.63) is 0 Å². The maximum Gasteiger partial charge on any atom is 0.225 e. The number of rotatable bonds is 2. The molecule has 58 valence electrons. The Hall–Kier alpha value is -0.530. The molecular formula is C8H15NO. The molecule has 0 N–H and O–H groups in total. The van der Waals surface area contributed by atoms with E-state index in [0.29, 0.717) is 17.7 Å². The first-order valence-electron chi connectivity index (χ1n) is 3.91. The first kappa shape index (κ1) is 7.58. The zero-order chi connectivity index (χ0) is 7.72. The van der Waals surface area contributed by atoms with Crippen molar-refractivity contribution in [3.63, 3.8) is 0 Å². The molecule has 1 fully saturated rings. The number of carbonyl (C=O) groups excluding carboxylic acids is 1. The van der Waals surface area contributed by atoms with Crippen LogP contribution in [0.5, 0.6) is 0 Å². The average Bonchev–Trinajstić information content (AvgIpc) is 2.63. The number of carbonyl (C=O) groups is 1. The first-order valence-corrected chi connectivity index (χ1v) is 3.91. The maximum absolute atomic E-state index is 11.3. The number of nitrogens with zero attached hydrogens (tertiary/aromatic N) is 1. The van der Waals surface area contributed by atoms with Gasteiger partial charge in [0.15, 0.2) is 0 Å². The molecule has 2 atom stereocenters. The Kier molecular flexibility index (Phi) is 1.97. The van der Waals surface area contributed by atoms with Crippen LogP contribution in [0.4, 0.5) is 0 Å². The summed E-state index contributed by atoms with van der Waals surface area (Å²) in [6.45, 7) is 4.97. The van der Waals surface area contributed by atoms with Crippen LogP contribution in [-0.4, -0.2) is 24.4 Å². The third-order valence-corrected chi connectivity index (χ3v) is 2.28. The number of amides is 1. The van der Waals surface area contributed by atoms with E-state index in [0.717, 1.165) is 13.0 Å². The van der Waals surface area contributed by atoms with Gasteiger partial charge in [-0.25, -0.2) is 0 Å². The molecule has 1 rings (SSSR count). The molecule has 0 unspecified atom stereocenters. The SMILES string of the molecule is CCN(C)C(=O)[C@@H]1C[C@H]1C. The third kappa shape index (κ3) is 1.31. The quantitative estimate of drug-likeness (QED) is 0.564. The van der Waals surface area contributed by atoms with Gasteiger partial charge in [0, 0.05) is 19.5 Å². The molecule has 0 heterocycles. The number of hydrogen-bond acceptors (Lipinski definition) is 1. The zero-order valence-electron chi connectivity index (χ0n) is 6.92. The topological polar surface area (TPSA) is 20.3 Å². The monoisotopic (exact) mass is 141 g/mol. The van der Waals surface area contributed by atoms with Crippen molar-refractivity contribution < 1.29 is 4.79 Å². The van der Waals surface area contributed by atoms with Crippen molar-refractivity contribution in [2.24, 2.45) is 11.8 Å². The lowest BCUT2D eigenvalue weighted by atomic mass is 10.3. The molecule has 1 aliphatic carbocycles. The van der Waals surface area contributed by atoms with Gasteiger partial charge in [-0.2, -0.15) is 0 Å². The molecule has 2 heteroatoms. The van der Waals surface area contributed by atoms with Gasteiger partial charge >= 0.3 is 0 Å². The summed E-state index contributed by atoms with van der Waals surface area (Å²) >= 11 is 0. The van der Waals surface area contributed by atoms with Gasteiger partial charge in [-0.1, -0.05) is 6.92 Å². The smallest absolute Gasteiger partial charge is 0.225 e. The van der Waals surface area contributed by atoms with Crippen molar-refractivity contribution in [1.82, 2.24) is 4.90 Å². The van der Waals surface area contributed by atoms with Crippen molar-refractivity contribution in [2.75, 3.05) is 13.6 Å². The second-order valence-corrected chi connectivity index (χ2v) is 3.17. The van der Waals surface area contributed by atoms with E-state index in [-0.39, 0.29) is 0 Å². The lowest BCUT2D eigenvalue weighted by Gasteiger charge is -2.13. The van der Waals surface area contributed by atoms with Crippen LogP contribution < -0.4 is 0 Å². The van der Waals surface area contributed by atoms with Crippen LogP contribution in [0, 0.1) is 11.8 Å². The van der Waals surface area contributed by atoms with Crippen LogP contribution in [0.1, 0.15) is 20.3 Å². The lowest BCUT2D eigenvalue weighted by molar-refractivity contribution is -0.131. The fraction of sp³-hybridized carbons (Fsp3) is 0.875. The van der Waals surface area contributed by atoms with Crippen LogP contribution in [0.2, 0.25) is 0 Å². The van der Waals surface area contributed by atoms with Crippen LogP contribution in [0.15, 0.2) is 0 Å². The predicted octanol–water partition coefficient (Wildman–Crippen LogP) is 1.12. The molecule has 1 amide bonds. The van der Waals surface area contributed by atoms with Gasteiger partial charge in [0.2, 0.25) is 5.91 Å². The van der Waals surface area contributed by atoms with E-state index in [1.54, 1.807) is 4.90 Å². The van der Waals surface area contributed by atoms with E-state index >= 15 is 0 Å². The highest BCUT2D eigenvalue weighted by atomic mass is 16.2. The van der Waals surface area contributed by atoms with Crippen LogP contribution >= 0.6 is 0 Å². The van der Waals surface area contributed by atoms with E-state index in [2.05, 4.69) is 6.92 Å². The van der Waals surface area contributed by atoms with Crippen molar-refractivity contribution in [1.29, 1.82) is 0 Å². The van der Waals surface area contributed by atoms with Gasteiger partial charge in [-0.15, -0.1) is 0 Å². The number of hydrogen-bond donors (Lipinski definition) is 0. The van der Waals surface area contributed by atoms with Crippen molar-refractivity contribution >= 4 is 5.91 Å². The molecule has 0 aromatic heterocycles. The van der Waals surface area contributed by atoms with Crippen LogP contribution in [0.25, 0.3) is 0 Å². The predicted molar refractivity (Wildman–Crippen MR) is 40.6 cm³/mol. The minimum atomic E-state index is 0.329. The van der Waals surface area contributed by atoms with E-state index in [1.165, 1.54) is 0 Å². The summed E-state index contributed by atoms with van der Waals surface area (Å²) < 4.78 is 0. The Morgan fingerprint density at radius 1 is 1.70 bits per heavy atom. The summed E-state index contributed by atoms with van der Waals surface area (Å²) in [6, 6.07) is 0. The first-order chi connectivity index (χ1) is 4.66. The average molecular weight is 141 g/mol. The highest BCUT2D eigenvalue weighted by Crippen LogP contribution is 2.38. The molecule has 0 radical (unpaired) electrons. The molecule has 10 heavy (non-hydrogen) atoms. The molecular weight excluding hydrogens is 126 g/mol. The molecule has 2 nitrogen and oxygen atoms in total. The fourth-order valence-corrected chi connectivity index (χ4v) is 1.11. The summed E-state index contributed by atoms with van der Waals surface area (Å²) in [5, 5.41) is 0. The largest absolute Gasteiger partial charge is 0.346 e. The summed E-state index contributed by atoms with van der Waals surface area (Å²) in [5.41, 5.74) is 0. The molecule has 0 aromatic carbocycles. The normalized spacial score (nSPS) is 29.9. The second-order valence-electron chi connectivity index (χ2n) is 3.17. The zero-order valence-corrected chi connectivity index (χ0v) is 6.92. The molecule has 0 saturated heterocycles. The standard InChI is InChI=1S/C8H15NO/c1-4-9(3)8(10)7-5-6(7)2/h6-7H,4-5H2,1-3H3/t6-,7-/m1/s1. The molecule has 1 aliphatic rings. The summed E-state index contributed by atoms with van der Waals surface area (Å²) in [7, 11) is 1.87. The van der Waals surface area contributed by atoms with Crippen LogP contribution in [0.3, 0.4) is 0 Å². The summed E-state index contributed by atoms with van der Waals surface area (Å²) in [4.78, 5) is 13.1. The van der Waals surface area contributed by atoms with E-state index in [1.807, 2.05) is 14.0 Å². The highest BCUT2D eigenvalue weighted by molar-refractivity contribution is 5.81. The van der Waals surface area contributed by atoms with Gasteiger partial charge in [0.25, 0.3) is 0 Å². The Morgan fingerprint density at radius 2 is 2.20 bits per heavy atom. The van der Waals surface area contributed by atoms with E-state index < -0.39 is 0 Å². The molecule has 0 bridgehead atoms. The van der Waals surface area contributed by atoms with Gasteiger partial charge < -0.3 is 4.90 Å². The van der Waals surface area contributed by atoms with Gasteiger partial charge in [0.05, 0.1) is 0 Å². The van der Waals surface area contributed by atoms with E-state index in [9.17, 15) is 4.79 Å². The van der Waals surface area contributed by atoms with Gasteiger partial charge in [0.1, 0.15) is 0 Å². The lowest BCUT2D eigenvalue weighted by Crippen LogP contribution is -2.27. The molecule has 0 aromatic rings. The van der Waals surface area contributed by atoms with E-state index in [4.69, 9.17) is 0 Å². The Bertz CT molecular complexity index is 138. The Labute approximate surface area is 62.2 Å². The Balaban J connectivity index is 2.35. The second kappa shape index (κ2) is 2.60. The van der Waals surface area contributed by atoms with Crippen LogP contribution in [-0.2, 0) is 4.79 Å². The summed E-state index contributed by atoms with van der Waals surface area (Å²) in [6.07, 6.45) is 1.10.